The molecule has 1 amide bonds. The summed E-state index contributed by atoms with van der Waals surface area (Å²) in [6.07, 6.45) is 2.12. The molecule has 1 aliphatic rings. The average molecular weight is 404 g/mol. The van der Waals surface area contributed by atoms with Crippen LogP contribution in [0.3, 0.4) is 0 Å². The lowest BCUT2D eigenvalue weighted by atomic mass is 10.1. The van der Waals surface area contributed by atoms with Gasteiger partial charge >= 0.3 is 5.97 Å². The Morgan fingerprint density at radius 3 is 2.61 bits per heavy atom. The Bertz CT molecular complexity index is 847. The van der Waals surface area contributed by atoms with Gasteiger partial charge in [0.15, 0.2) is 0 Å². The number of nitrogens with one attached hydrogen (secondary N) is 1. The highest BCUT2D eigenvalue weighted by Crippen LogP contribution is 2.32. The first-order chi connectivity index (χ1) is 13.5. The molecule has 0 atom stereocenters. The average Bonchev–Trinajstić information content (AvgIpc) is 3.46. The van der Waals surface area contributed by atoms with Gasteiger partial charge in [0.1, 0.15) is 16.4 Å². The molecule has 28 heavy (non-hydrogen) atoms. The van der Waals surface area contributed by atoms with Crippen LogP contribution >= 0.6 is 11.3 Å². The number of rotatable bonds is 9. The van der Waals surface area contributed by atoms with Crippen molar-refractivity contribution in [2.75, 3.05) is 33.2 Å². The molecule has 1 N–H and O–H groups in total. The number of nitrogens with zero attached hydrogens (tertiary/aromatic N) is 1. The predicted octanol–water partition coefficient (Wildman–Crippen LogP) is 3.16. The molecule has 150 valence electrons. The molecular formula is C20H24N2O5S. The SMILES string of the molecule is COC(=O)c1sccc1NC(=O)CN(Cc1cc(OC)ccc1OC)C1CC1. The molecule has 1 aromatic heterocycles. The van der Waals surface area contributed by atoms with Crippen molar-refractivity contribution in [3.8, 4) is 11.5 Å². The minimum Gasteiger partial charge on any atom is -0.497 e. The van der Waals surface area contributed by atoms with Gasteiger partial charge in [0, 0.05) is 18.2 Å². The molecule has 1 aromatic carbocycles. The van der Waals surface area contributed by atoms with Crippen LogP contribution < -0.4 is 14.8 Å². The van der Waals surface area contributed by atoms with Crippen LogP contribution in [0, 0.1) is 0 Å². The number of carbonyl (C=O) groups is 2. The normalized spacial score (nSPS) is 13.3. The van der Waals surface area contributed by atoms with Crippen molar-refractivity contribution in [1.82, 2.24) is 4.90 Å². The standard InChI is InChI=1S/C20H24N2O5S/c1-25-15-6-7-17(26-2)13(10-15)11-22(14-4-5-14)12-18(23)21-16-8-9-28-19(16)20(24)27-3/h6-10,14H,4-5,11-12H2,1-3H3,(H,21,23). The molecule has 0 radical (unpaired) electrons. The second-order valence-corrected chi connectivity index (χ2v) is 7.43. The molecule has 1 aliphatic carbocycles. The Morgan fingerprint density at radius 2 is 1.96 bits per heavy atom. The van der Waals surface area contributed by atoms with Gasteiger partial charge < -0.3 is 19.5 Å². The quantitative estimate of drug-likeness (QED) is 0.647. The molecule has 2 aromatic rings. The van der Waals surface area contributed by atoms with Crippen LogP contribution in [0.1, 0.15) is 28.1 Å². The fourth-order valence-electron chi connectivity index (χ4n) is 3.01. The molecule has 0 unspecified atom stereocenters. The van der Waals surface area contributed by atoms with Crippen LogP contribution in [0.25, 0.3) is 0 Å². The van der Waals surface area contributed by atoms with E-state index in [1.165, 1.54) is 18.4 Å². The highest BCUT2D eigenvalue weighted by molar-refractivity contribution is 7.12. The number of benzene rings is 1. The van der Waals surface area contributed by atoms with E-state index in [1.54, 1.807) is 25.7 Å². The molecule has 7 nitrogen and oxygen atoms in total. The van der Waals surface area contributed by atoms with Crippen LogP contribution in [0.5, 0.6) is 11.5 Å². The van der Waals surface area contributed by atoms with Crippen molar-refractivity contribution >= 4 is 28.9 Å². The van der Waals surface area contributed by atoms with Gasteiger partial charge in [-0.1, -0.05) is 0 Å². The predicted molar refractivity (Wildman–Crippen MR) is 107 cm³/mol. The molecule has 1 fully saturated rings. The Hall–Kier alpha value is -2.58. The Labute approximate surface area is 168 Å². The number of ether oxygens (including phenoxy) is 3. The Balaban J connectivity index is 1.70. The summed E-state index contributed by atoms with van der Waals surface area (Å²) in [6, 6.07) is 7.72. The third kappa shape index (κ3) is 4.82. The van der Waals surface area contributed by atoms with E-state index in [9.17, 15) is 9.59 Å². The lowest BCUT2D eigenvalue weighted by Gasteiger charge is -2.23. The molecule has 8 heteroatoms. The van der Waals surface area contributed by atoms with Gasteiger partial charge in [-0.3, -0.25) is 9.69 Å². The number of carbonyl (C=O) groups excluding carboxylic acids is 2. The largest absolute Gasteiger partial charge is 0.497 e. The first-order valence-electron chi connectivity index (χ1n) is 8.96. The van der Waals surface area contributed by atoms with E-state index in [4.69, 9.17) is 14.2 Å². The summed E-state index contributed by atoms with van der Waals surface area (Å²) in [4.78, 5) is 26.9. The van der Waals surface area contributed by atoms with Gasteiger partial charge in [0.05, 0.1) is 33.6 Å². The molecule has 3 rings (SSSR count). The van der Waals surface area contributed by atoms with Crippen molar-refractivity contribution < 1.29 is 23.8 Å². The summed E-state index contributed by atoms with van der Waals surface area (Å²) >= 11 is 1.24. The highest BCUT2D eigenvalue weighted by atomic mass is 32.1. The molecule has 0 aliphatic heterocycles. The van der Waals surface area contributed by atoms with E-state index in [-0.39, 0.29) is 12.5 Å². The Morgan fingerprint density at radius 1 is 1.18 bits per heavy atom. The van der Waals surface area contributed by atoms with Crippen LogP contribution in [-0.2, 0) is 16.1 Å². The number of amides is 1. The van der Waals surface area contributed by atoms with E-state index >= 15 is 0 Å². The van der Waals surface area contributed by atoms with Crippen molar-refractivity contribution in [3.63, 3.8) is 0 Å². The molecule has 1 heterocycles. The summed E-state index contributed by atoms with van der Waals surface area (Å²) in [5.41, 5.74) is 1.45. The van der Waals surface area contributed by atoms with Crippen LogP contribution in [0.15, 0.2) is 29.6 Å². The van der Waals surface area contributed by atoms with E-state index in [1.807, 2.05) is 18.2 Å². The summed E-state index contributed by atoms with van der Waals surface area (Å²) in [5, 5.41) is 4.58. The topological polar surface area (TPSA) is 77.1 Å². The molecule has 0 spiro atoms. The zero-order valence-electron chi connectivity index (χ0n) is 16.2. The number of hydrogen-bond donors (Lipinski definition) is 1. The van der Waals surface area contributed by atoms with Crippen LogP contribution in [0.2, 0.25) is 0 Å². The minimum atomic E-state index is -0.453. The summed E-state index contributed by atoms with van der Waals surface area (Å²) in [6.45, 7) is 0.799. The Kier molecular flexibility index (Phi) is 6.53. The van der Waals surface area contributed by atoms with Crippen molar-refractivity contribution in [3.05, 3.63) is 40.1 Å². The molecule has 0 saturated heterocycles. The van der Waals surface area contributed by atoms with E-state index in [0.717, 1.165) is 29.9 Å². The fraction of sp³-hybridized carbons (Fsp3) is 0.400. The van der Waals surface area contributed by atoms with Gasteiger partial charge in [-0.25, -0.2) is 4.79 Å². The van der Waals surface area contributed by atoms with Gasteiger partial charge in [0.2, 0.25) is 5.91 Å². The summed E-state index contributed by atoms with van der Waals surface area (Å²) in [5.74, 6) is 0.887. The molecular weight excluding hydrogens is 380 g/mol. The number of hydrogen-bond acceptors (Lipinski definition) is 7. The third-order valence-electron chi connectivity index (χ3n) is 4.58. The maximum atomic E-state index is 12.6. The van der Waals surface area contributed by atoms with Gasteiger partial charge in [0.25, 0.3) is 0 Å². The zero-order chi connectivity index (χ0) is 20.1. The lowest BCUT2D eigenvalue weighted by Crippen LogP contribution is -2.34. The van der Waals surface area contributed by atoms with Crippen molar-refractivity contribution in [2.45, 2.75) is 25.4 Å². The van der Waals surface area contributed by atoms with E-state index in [0.29, 0.717) is 23.2 Å². The molecule has 1 saturated carbocycles. The summed E-state index contributed by atoms with van der Waals surface area (Å²) in [7, 11) is 4.58. The third-order valence-corrected chi connectivity index (χ3v) is 5.48. The van der Waals surface area contributed by atoms with Crippen LogP contribution in [0.4, 0.5) is 5.69 Å². The van der Waals surface area contributed by atoms with E-state index < -0.39 is 5.97 Å². The number of methoxy groups -OCH3 is 3. The number of anilines is 1. The van der Waals surface area contributed by atoms with Gasteiger partial charge in [-0.15, -0.1) is 11.3 Å². The highest BCUT2D eigenvalue weighted by Gasteiger charge is 2.31. The zero-order valence-corrected chi connectivity index (χ0v) is 17.0. The van der Waals surface area contributed by atoms with Crippen molar-refractivity contribution in [2.24, 2.45) is 0 Å². The van der Waals surface area contributed by atoms with E-state index in [2.05, 4.69) is 10.2 Å². The van der Waals surface area contributed by atoms with Crippen LogP contribution in [-0.4, -0.2) is 50.7 Å². The first kappa shape index (κ1) is 20.2. The fourth-order valence-corrected chi connectivity index (χ4v) is 3.78. The van der Waals surface area contributed by atoms with Gasteiger partial charge in [-0.05, 0) is 42.5 Å². The lowest BCUT2D eigenvalue weighted by molar-refractivity contribution is -0.117. The minimum absolute atomic E-state index is 0.169. The smallest absolute Gasteiger partial charge is 0.350 e. The monoisotopic (exact) mass is 404 g/mol. The maximum absolute atomic E-state index is 12.6. The maximum Gasteiger partial charge on any atom is 0.350 e. The second kappa shape index (κ2) is 9.07. The number of thiophene rings is 1. The van der Waals surface area contributed by atoms with Gasteiger partial charge in [-0.2, -0.15) is 0 Å². The molecule has 0 bridgehead atoms. The first-order valence-corrected chi connectivity index (χ1v) is 9.84. The van der Waals surface area contributed by atoms with Crippen molar-refractivity contribution in [1.29, 1.82) is 0 Å². The summed E-state index contributed by atoms with van der Waals surface area (Å²) < 4.78 is 15.5. The number of esters is 1. The second-order valence-electron chi connectivity index (χ2n) is 6.52.